The number of aromatic carboxylic acids is 1. The van der Waals surface area contributed by atoms with Gasteiger partial charge in [0.15, 0.2) is 0 Å². The number of benzene rings is 1. The van der Waals surface area contributed by atoms with Gasteiger partial charge in [-0.25, -0.2) is 4.79 Å². The van der Waals surface area contributed by atoms with E-state index in [9.17, 15) is 9.59 Å². The zero-order chi connectivity index (χ0) is 13.7. The molecule has 0 radical (unpaired) electrons. The quantitative estimate of drug-likeness (QED) is 0.721. The van der Waals surface area contributed by atoms with E-state index in [1.54, 1.807) is 23.2 Å². The minimum absolute atomic E-state index is 0.114. The first-order valence-electron chi connectivity index (χ1n) is 5.83. The molecule has 0 spiro atoms. The van der Waals surface area contributed by atoms with Crippen LogP contribution >= 0.6 is 0 Å². The molecule has 0 bridgehead atoms. The Labute approximate surface area is 108 Å². The molecule has 0 unspecified atom stereocenters. The van der Waals surface area contributed by atoms with E-state index >= 15 is 0 Å². The summed E-state index contributed by atoms with van der Waals surface area (Å²) in [6, 6.07) is 8.91. The first-order valence-corrected chi connectivity index (χ1v) is 5.83. The minimum Gasteiger partial charge on any atom is -0.477 e. The van der Waals surface area contributed by atoms with Gasteiger partial charge in [0.05, 0.1) is 16.4 Å². The van der Waals surface area contributed by atoms with E-state index in [-0.39, 0.29) is 11.3 Å². The lowest BCUT2D eigenvalue weighted by molar-refractivity contribution is 0.0687. The number of carboxylic acid groups (broad SMARTS) is 1. The van der Waals surface area contributed by atoms with Crippen molar-refractivity contribution in [3.05, 3.63) is 46.4 Å². The zero-order valence-corrected chi connectivity index (χ0v) is 10.5. The maximum atomic E-state index is 12.3. The number of aromatic nitrogens is 2. The van der Waals surface area contributed by atoms with Gasteiger partial charge >= 0.3 is 5.97 Å². The summed E-state index contributed by atoms with van der Waals surface area (Å²) in [7, 11) is 3.36. The van der Waals surface area contributed by atoms with Crippen molar-refractivity contribution in [2.45, 2.75) is 0 Å². The minimum atomic E-state index is -1.04. The van der Waals surface area contributed by atoms with Crippen molar-refractivity contribution in [3.63, 3.8) is 0 Å². The van der Waals surface area contributed by atoms with Crippen molar-refractivity contribution in [3.8, 4) is 0 Å². The Balaban J connectivity index is 2.68. The lowest BCUT2D eigenvalue weighted by Crippen LogP contribution is -2.17. The van der Waals surface area contributed by atoms with Gasteiger partial charge in [-0.3, -0.25) is 4.79 Å². The van der Waals surface area contributed by atoms with Crippen LogP contribution < -0.4 is 5.56 Å². The maximum Gasteiger partial charge on any atom is 0.352 e. The Morgan fingerprint density at radius 3 is 2.47 bits per heavy atom. The third kappa shape index (κ3) is 1.41. The SMILES string of the molecule is Cn1c(C(=O)O)cc2c(=O)n(C)c3ccccc3c21. The standard InChI is InChI=1S/C14H12N2O3/c1-15-11(14(18)19)7-9-12(15)8-5-3-4-6-10(8)16(2)13(9)17/h3-7H,1-2H3,(H,18,19). The van der Waals surface area contributed by atoms with Gasteiger partial charge in [0.2, 0.25) is 0 Å². The Bertz CT molecular complexity index is 887. The Morgan fingerprint density at radius 2 is 1.79 bits per heavy atom. The van der Waals surface area contributed by atoms with Crippen LogP contribution in [0.5, 0.6) is 0 Å². The summed E-state index contributed by atoms with van der Waals surface area (Å²) in [5.74, 6) is -1.04. The fourth-order valence-corrected chi connectivity index (χ4v) is 2.55. The number of hydrogen-bond acceptors (Lipinski definition) is 2. The summed E-state index contributed by atoms with van der Waals surface area (Å²) >= 11 is 0. The lowest BCUT2D eigenvalue weighted by atomic mass is 10.1. The van der Waals surface area contributed by atoms with Crippen LogP contribution in [0.2, 0.25) is 0 Å². The van der Waals surface area contributed by atoms with E-state index in [0.717, 1.165) is 10.9 Å². The molecule has 19 heavy (non-hydrogen) atoms. The predicted octanol–water partition coefficient (Wildman–Crippen LogP) is 1.73. The molecule has 1 N–H and O–H groups in total. The Morgan fingerprint density at radius 1 is 1.11 bits per heavy atom. The highest BCUT2D eigenvalue weighted by Gasteiger charge is 2.17. The number of aryl methyl sites for hydroxylation is 2. The summed E-state index contributed by atoms with van der Waals surface area (Å²) in [4.78, 5) is 23.5. The van der Waals surface area contributed by atoms with Crippen LogP contribution in [0, 0.1) is 0 Å². The van der Waals surface area contributed by atoms with Gasteiger partial charge in [0.1, 0.15) is 5.69 Å². The molecule has 5 heteroatoms. The molecule has 0 aliphatic carbocycles. The number of pyridine rings is 1. The van der Waals surface area contributed by atoms with E-state index in [1.165, 1.54) is 6.07 Å². The van der Waals surface area contributed by atoms with Crippen LogP contribution in [0.4, 0.5) is 0 Å². The van der Waals surface area contributed by atoms with Crippen molar-refractivity contribution in [1.29, 1.82) is 0 Å². The normalized spacial score (nSPS) is 11.3. The summed E-state index contributed by atoms with van der Waals surface area (Å²) < 4.78 is 3.10. The fraction of sp³-hybridized carbons (Fsp3) is 0.143. The third-order valence-corrected chi connectivity index (χ3v) is 3.51. The lowest BCUT2D eigenvalue weighted by Gasteiger charge is -2.08. The van der Waals surface area contributed by atoms with Crippen molar-refractivity contribution < 1.29 is 9.90 Å². The van der Waals surface area contributed by atoms with Crippen LogP contribution in [0.15, 0.2) is 35.1 Å². The summed E-state index contributed by atoms with van der Waals surface area (Å²) in [6.45, 7) is 0. The van der Waals surface area contributed by atoms with Crippen LogP contribution in [0.25, 0.3) is 21.8 Å². The van der Waals surface area contributed by atoms with Gasteiger partial charge in [-0.15, -0.1) is 0 Å². The molecule has 3 rings (SSSR count). The molecule has 3 aromatic rings. The molecule has 0 fully saturated rings. The fourth-order valence-electron chi connectivity index (χ4n) is 2.55. The molecule has 2 heterocycles. The second-order valence-electron chi connectivity index (χ2n) is 4.54. The maximum absolute atomic E-state index is 12.3. The zero-order valence-electron chi connectivity index (χ0n) is 10.5. The molecular formula is C14H12N2O3. The topological polar surface area (TPSA) is 64.2 Å². The van der Waals surface area contributed by atoms with Crippen LogP contribution in [0.3, 0.4) is 0 Å². The van der Waals surface area contributed by atoms with Gasteiger partial charge in [0, 0.05) is 19.5 Å². The number of rotatable bonds is 1. The number of carboxylic acids is 1. The first kappa shape index (κ1) is 11.5. The van der Waals surface area contributed by atoms with E-state index in [2.05, 4.69) is 0 Å². The largest absolute Gasteiger partial charge is 0.477 e. The predicted molar refractivity (Wildman–Crippen MR) is 72.6 cm³/mol. The van der Waals surface area contributed by atoms with E-state index in [1.807, 2.05) is 24.3 Å². The van der Waals surface area contributed by atoms with Crippen LogP contribution in [0.1, 0.15) is 10.5 Å². The summed E-state index contributed by atoms with van der Waals surface area (Å²) in [5.41, 5.74) is 1.38. The molecule has 0 aliphatic rings. The van der Waals surface area contributed by atoms with Gasteiger partial charge in [0.25, 0.3) is 5.56 Å². The Kier molecular flexibility index (Phi) is 2.25. The molecule has 0 aliphatic heterocycles. The Hall–Kier alpha value is -2.56. The second-order valence-corrected chi connectivity index (χ2v) is 4.54. The highest BCUT2D eigenvalue weighted by Crippen LogP contribution is 2.24. The average molecular weight is 256 g/mol. The van der Waals surface area contributed by atoms with Crippen LogP contribution in [-0.2, 0) is 14.1 Å². The second kappa shape index (κ2) is 3.71. The number of fused-ring (bicyclic) bond motifs is 3. The number of para-hydroxylation sites is 1. The summed E-state index contributed by atoms with van der Waals surface area (Å²) in [6.07, 6.45) is 0. The van der Waals surface area contributed by atoms with E-state index in [4.69, 9.17) is 5.11 Å². The van der Waals surface area contributed by atoms with Gasteiger partial charge < -0.3 is 14.2 Å². The van der Waals surface area contributed by atoms with Crippen molar-refractivity contribution in [1.82, 2.24) is 9.13 Å². The van der Waals surface area contributed by atoms with Gasteiger partial charge in [-0.1, -0.05) is 18.2 Å². The van der Waals surface area contributed by atoms with Gasteiger partial charge in [-0.05, 0) is 12.1 Å². The molecule has 0 saturated carbocycles. The number of carbonyl (C=O) groups is 1. The molecule has 96 valence electrons. The average Bonchev–Trinajstić information content (AvgIpc) is 2.74. The number of hydrogen-bond donors (Lipinski definition) is 1. The van der Waals surface area contributed by atoms with Crippen molar-refractivity contribution in [2.24, 2.45) is 14.1 Å². The molecular weight excluding hydrogens is 244 g/mol. The van der Waals surface area contributed by atoms with E-state index in [0.29, 0.717) is 10.9 Å². The summed E-state index contributed by atoms with van der Waals surface area (Å²) in [5, 5.41) is 10.5. The molecule has 5 nitrogen and oxygen atoms in total. The highest BCUT2D eigenvalue weighted by atomic mass is 16.4. The smallest absolute Gasteiger partial charge is 0.352 e. The van der Waals surface area contributed by atoms with Crippen molar-refractivity contribution >= 4 is 27.8 Å². The van der Waals surface area contributed by atoms with Crippen LogP contribution in [-0.4, -0.2) is 20.2 Å². The molecule has 1 aromatic carbocycles. The first-order chi connectivity index (χ1) is 9.02. The number of nitrogens with zero attached hydrogens (tertiary/aromatic N) is 2. The van der Waals surface area contributed by atoms with E-state index < -0.39 is 5.97 Å². The highest BCUT2D eigenvalue weighted by molar-refractivity contribution is 6.07. The van der Waals surface area contributed by atoms with Crippen molar-refractivity contribution in [2.75, 3.05) is 0 Å². The monoisotopic (exact) mass is 256 g/mol. The third-order valence-electron chi connectivity index (χ3n) is 3.51. The molecule has 0 atom stereocenters. The van der Waals surface area contributed by atoms with Gasteiger partial charge in [-0.2, -0.15) is 0 Å². The molecule has 2 aromatic heterocycles. The molecule has 0 saturated heterocycles. The molecule has 0 amide bonds.